The van der Waals surface area contributed by atoms with E-state index in [2.05, 4.69) is 43.3 Å². The molecule has 33 heavy (non-hydrogen) atoms. The van der Waals surface area contributed by atoms with Crippen LogP contribution < -0.4 is 9.62 Å². The number of hydrogen-bond donors (Lipinski definition) is 2. The van der Waals surface area contributed by atoms with Crippen LogP contribution in [0.4, 0.5) is 17.3 Å². The highest BCUT2D eigenvalue weighted by molar-refractivity contribution is 8.00. The first-order valence-electron chi connectivity index (χ1n) is 10.6. The van der Waals surface area contributed by atoms with Crippen LogP contribution in [-0.4, -0.2) is 26.5 Å². The second kappa shape index (κ2) is 8.11. The predicted molar refractivity (Wildman–Crippen MR) is 136 cm³/mol. The molecule has 2 N–H and O–H groups in total. The number of fused-ring (bicyclic) bond motifs is 4. The van der Waals surface area contributed by atoms with Crippen molar-refractivity contribution in [3.8, 4) is 22.6 Å². The van der Waals surface area contributed by atoms with Gasteiger partial charge in [-0.05, 0) is 54.4 Å². The zero-order valence-corrected chi connectivity index (χ0v) is 18.5. The molecule has 0 radical (unpaired) electrons. The molecule has 0 fully saturated rings. The first-order valence-corrected chi connectivity index (χ1v) is 11.4. The largest absolute Gasteiger partial charge is 0.338 e. The van der Waals surface area contributed by atoms with Gasteiger partial charge in [-0.25, -0.2) is 15.0 Å². The monoisotopic (exact) mass is 448 g/mol. The van der Waals surface area contributed by atoms with Gasteiger partial charge in [0, 0.05) is 29.6 Å². The van der Waals surface area contributed by atoms with Crippen molar-refractivity contribution in [2.45, 2.75) is 4.90 Å². The van der Waals surface area contributed by atoms with Crippen LogP contribution >= 0.6 is 11.9 Å². The van der Waals surface area contributed by atoms with Gasteiger partial charge in [-0.3, -0.25) is 0 Å². The summed E-state index contributed by atoms with van der Waals surface area (Å²) >= 11 is 1.64. The van der Waals surface area contributed by atoms with Crippen molar-refractivity contribution in [2.75, 3.05) is 16.2 Å². The summed E-state index contributed by atoms with van der Waals surface area (Å²) in [4.78, 5) is 18.5. The molecule has 0 bridgehead atoms. The molecule has 3 aromatic carbocycles. The van der Waals surface area contributed by atoms with Crippen LogP contribution in [-0.2, 0) is 0 Å². The number of benzene rings is 3. The van der Waals surface area contributed by atoms with Crippen LogP contribution in [0.5, 0.6) is 0 Å². The smallest absolute Gasteiger partial charge is 0.227 e. The maximum Gasteiger partial charge on any atom is 0.227 e. The van der Waals surface area contributed by atoms with Crippen LogP contribution in [0.1, 0.15) is 0 Å². The summed E-state index contributed by atoms with van der Waals surface area (Å²) in [7, 11) is 0. The highest BCUT2D eigenvalue weighted by Gasteiger charge is 2.24. The summed E-state index contributed by atoms with van der Waals surface area (Å²) in [6.45, 7) is 4.63. The summed E-state index contributed by atoms with van der Waals surface area (Å²) in [5.74, 6) is 1.42. The molecule has 0 aliphatic carbocycles. The van der Waals surface area contributed by atoms with Crippen molar-refractivity contribution >= 4 is 40.3 Å². The lowest BCUT2D eigenvalue weighted by molar-refractivity contribution is 1.08. The minimum atomic E-state index is 0.567. The summed E-state index contributed by atoms with van der Waals surface area (Å²) in [5.41, 5.74) is 7.10. The number of nitrogens with one attached hydrogen (secondary N) is 2. The molecule has 6 rings (SSSR count). The van der Waals surface area contributed by atoms with E-state index >= 15 is 0 Å². The van der Waals surface area contributed by atoms with E-state index in [1.54, 1.807) is 11.9 Å². The van der Waals surface area contributed by atoms with Crippen LogP contribution in [0, 0.1) is 0 Å². The molecule has 7 heteroatoms. The Labute approximate surface area is 195 Å². The molecule has 0 unspecified atom stereocenters. The molecular weight excluding hydrogens is 428 g/mol. The molecule has 1 aliphatic rings. The fraction of sp³-hybridized carbons (Fsp3) is 0.0385. The van der Waals surface area contributed by atoms with Gasteiger partial charge in [-0.2, -0.15) is 0 Å². The molecule has 3 heterocycles. The standard InChI is InChI=1S/C26H20N6S/c1-2-15-32-22-10-6-3-7-19(22)24-23(33-32)16-27-26(31-24)28-18-13-11-17(12-14-18)25-29-20-8-4-5-9-21(20)30-25/h2-14,16H,1,15H2,(H,29,30)(H,27,28,31). The summed E-state index contributed by atoms with van der Waals surface area (Å²) in [5, 5.41) is 3.33. The van der Waals surface area contributed by atoms with Crippen molar-refractivity contribution < 1.29 is 0 Å². The van der Waals surface area contributed by atoms with E-state index in [4.69, 9.17) is 4.98 Å². The van der Waals surface area contributed by atoms with Crippen molar-refractivity contribution in [3.63, 3.8) is 0 Å². The molecule has 2 aromatic heterocycles. The van der Waals surface area contributed by atoms with Crippen LogP contribution in [0.15, 0.2) is 96.5 Å². The van der Waals surface area contributed by atoms with E-state index in [-0.39, 0.29) is 0 Å². The van der Waals surface area contributed by atoms with Gasteiger partial charge in [0.05, 0.1) is 27.3 Å². The normalized spacial score (nSPS) is 12.3. The first-order chi connectivity index (χ1) is 16.3. The van der Waals surface area contributed by atoms with Crippen molar-refractivity contribution in [3.05, 3.63) is 91.6 Å². The van der Waals surface area contributed by atoms with E-state index in [9.17, 15) is 0 Å². The number of nitrogens with zero attached hydrogens (tertiary/aromatic N) is 4. The minimum Gasteiger partial charge on any atom is -0.338 e. The maximum atomic E-state index is 4.84. The number of aromatic amines is 1. The fourth-order valence-corrected chi connectivity index (χ4v) is 4.95. The number of aromatic nitrogens is 4. The lowest BCUT2D eigenvalue weighted by Gasteiger charge is -2.29. The Kier molecular flexibility index (Phi) is 4.81. The van der Waals surface area contributed by atoms with E-state index < -0.39 is 0 Å². The van der Waals surface area contributed by atoms with Crippen molar-refractivity contribution in [1.29, 1.82) is 0 Å². The Morgan fingerprint density at radius 3 is 2.64 bits per heavy atom. The average molecular weight is 449 g/mol. The highest BCUT2D eigenvalue weighted by atomic mass is 32.2. The van der Waals surface area contributed by atoms with E-state index in [0.29, 0.717) is 5.95 Å². The molecule has 0 atom stereocenters. The third-order valence-corrected chi connectivity index (χ3v) is 6.55. The number of H-pyrrole nitrogens is 1. The Hall–Kier alpha value is -4.10. The molecule has 0 spiro atoms. The summed E-state index contributed by atoms with van der Waals surface area (Å²) in [6.07, 6.45) is 3.78. The van der Waals surface area contributed by atoms with Gasteiger partial charge >= 0.3 is 0 Å². The molecular formula is C26H20N6S. The lowest BCUT2D eigenvalue weighted by atomic mass is 10.1. The number of anilines is 3. The lowest BCUT2D eigenvalue weighted by Crippen LogP contribution is -2.19. The zero-order valence-electron chi connectivity index (χ0n) is 17.7. The highest BCUT2D eigenvalue weighted by Crippen LogP contribution is 2.45. The third kappa shape index (κ3) is 3.62. The molecule has 0 saturated carbocycles. The molecule has 160 valence electrons. The van der Waals surface area contributed by atoms with Crippen LogP contribution in [0.3, 0.4) is 0 Å². The quantitative estimate of drug-likeness (QED) is 0.238. The second-order valence-corrected chi connectivity index (χ2v) is 8.73. The van der Waals surface area contributed by atoms with Gasteiger partial charge in [0.15, 0.2) is 0 Å². The van der Waals surface area contributed by atoms with Gasteiger partial charge in [-0.15, -0.1) is 6.58 Å². The molecule has 1 aliphatic heterocycles. The molecule has 0 saturated heterocycles. The Balaban J connectivity index is 1.27. The van der Waals surface area contributed by atoms with Gasteiger partial charge in [0.1, 0.15) is 5.82 Å². The number of para-hydroxylation sites is 3. The van der Waals surface area contributed by atoms with Crippen LogP contribution in [0.25, 0.3) is 33.7 Å². The molecule has 6 nitrogen and oxygen atoms in total. The Morgan fingerprint density at radius 1 is 0.970 bits per heavy atom. The molecule has 5 aromatic rings. The topological polar surface area (TPSA) is 69.7 Å². The van der Waals surface area contributed by atoms with Crippen LogP contribution in [0.2, 0.25) is 0 Å². The Bertz CT molecular complexity index is 1440. The molecule has 0 amide bonds. The third-order valence-electron chi connectivity index (χ3n) is 5.49. The Morgan fingerprint density at radius 2 is 1.79 bits per heavy atom. The summed E-state index contributed by atoms with van der Waals surface area (Å²) in [6, 6.07) is 24.4. The van der Waals surface area contributed by atoms with E-state index in [1.165, 1.54) is 0 Å². The number of rotatable bonds is 5. The number of hydrogen-bond acceptors (Lipinski definition) is 6. The van der Waals surface area contributed by atoms with Gasteiger partial charge < -0.3 is 14.6 Å². The average Bonchev–Trinajstić information content (AvgIpc) is 3.29. The van der Waals surface area contributed by atoms with Crippen molar-refractivity contribution in [2.24, 2.45) is 0 Å². The van der Waals surface area contributed by atoms with Crippen molar-refractivity contribution in [1.82, 2.24) is 19.9 Å². The summed E-state index contributed by atoms with van der Waals surface area (Å²) < 4.78 is 2.21. The minimum absolute atomic E-state index is 0.567. The van der Waals surface area contributed by atoms with E-state index in [1.807, 2.05) is 72.9 Å². The van der Waals surface area contributed by atoms with Gasteiger partial charge in [0.2, 0.25) is 5.95 Å². The van der Waals surface area contributed by atoms with Gasteiger partial charge in [-0.1, -0.05) is 36.4 Å². The fourth-order valence-electron chi connectivity index (χ4n) is 3.93. The second-order valence-electron chi connectivity index (χ2n) is 7.67. The number of imidazole rings is 1. The predicted octanol–water partition coefficient (Wildman–Crippen LogP) is 6.44. The van der Waals surface area contributed by atoms with E-state index in [0.717, 1.165) is 56.5 Å². The first kappa shape index (κ1) is 19.6. The van der Waals surface area contributed by atoms with Gasteiger partial charge in [0.25, 0.3) is 0 Å². The SMILES string of the molecule is C=CCN1Sc2cnc(Nc3ccc(-c4nc5ccccc5[nH]4)cc3)nc2-c2ccccc21. The maximum absolute atomic E-state index is 4.84. The zero-order chi connectivity index (χ0) is 22.2.